The predicted octanol–water partition coefficient (Wildman–Crippen LogP) is 4.33. The Bertz CT molecular complexity index is 674. The van der Waals surface area contributed by atoms with Crippen molar-refractivity contribution in [3.8, 4) is 5.75 Å². The number of para-hydroxylation sites is 1. The van der Waals surface area contributed by atoms with Crippen LogP contribution in [0.25, 0.3) is 0 Å². The normalized spacial score (nSPS) is 17.2. The Hall–Kier alpha value is -1.62. The van der Waals surface area contributed by atoms with E-state index in [9.17, 15) is 4.39 Å². The first-order chi connectivity index (χ1) is 11.7. The summed E-state index contributed by atoms with van der Waals surface area (Å²) in [5.74, 6) is 0.459. The van der Waals surface area contributed by atoms with E-state index in [1.807, 2.05) is 24.3 Å². The third-order valence-corrected chi connectivity index (χ3v) is 4.43. The summed E-state index contributed by atoms with van der Waals surface area (Å²) >= 11 is 6.05. The van der Waals surface area contributed by atoms with Gasteiger partial charge in [-0.05, 0) is 31.0 Å². The average Bonchev–Trinajstić information content (AvgIpc) is 3.08. The smallest absolute Gasteiger partial charge is 0.124 e. The molecule has 0 spiro atoms. The zero-order chi connectivity index (χ0) is 16.8. The lowest BCUT2D eigenvalue weighted by atomic mass is 10.2. The molecule has 1 aliphatic heterocycles. The summed E-state index contributed by atoms with van der Waals surface area (Å²) in [6.45, 7) is 2.73. The molecule has 5 heteroatoms. The molecular weight excluding hydrogens is 329 g/mol. The van der Waals surface area contributed by atoms with Crippen molar-refractivity contribution in [1.29, 1.82) is 0 Å². The van der Waals surface area contributed by atoms with Gasteiger partial charge in [0.05, 0.1) is 11.1 Å². The third-order valence-electron chi connectivity index (χ3n) is 4.08. The maximum absolute atomic E-state index is 13.1. The molecule has 0 unspecified atom stereocenters. The van der Waals surface area contributed by atoms with Crippen LogP contribution in [-0.2, 0) is 17.9 Å². The maximum Gasteiger partial charge on any atom is 0.124 e. The highest BCUT2D eigenvalue weighted by Gasteiger charge is 2.15. The minimum absolute atomic E-state index is 0.307. The van der Waals surface area contributed by atoms with Gasteiger partial charge in [0, 0.05) is 30.8 Å². The van der Waals surface area contributed by atoms with E-state index in [2.05, 4.69) is 5.32 Å². The van der Waals surface area contributed by atoms with Crippen LogP contribution in [0.5, 0.6) is 5.75 Å². The van der Waals surface area contributed by atoms with Gasteiger partial charge in [0.25, 0.3) is 0 Å². The van der Waals surface area contributed by atoms with Crippen molar-refractivity contribution < 1.29 is 13.9 Å². The monoisotopic (exact) mass is 349 g/mol. The van der Waals surface area contributed by atoms with E-state index >= 15 is 0 Å². The molecule has 1 fully saturated rings. The van der Waals surface area contributed by atoms with E-state index < -0.39 is 0 Å². The van der Waals surface area contributed by atoms with Gasteiger partial charge >= 0.3 is 0 Å². The summed E-state index contributed by atoms with van der Waals surface area (Å²) in [7, 11) is 0. The Kier molecular flexibility index (Phi) is 6.07. The lowest BCUT2D eigenvalue weighted by Crippen LogP contribution is -2.25. The van der Waals surface area contributed by atoms with Gasteiger partial charge in [0.15, 0.2) is 0 Å². The second-order valence-corrected chi connectivity index (χ2v) is 6.31. The van der Waals surface area contributed by atoms with E-state index in [-0.39, 0.29) is 5.82 Å². The summed E-state index contributed by atoms with van der Waals surface area (Å²) < 4.78 is 24.6. The first-order valence-electron chi connectivity index (χ1n) is 8.19. The topological polar surface area (TPSA) is 30.5 Å². The van der Waals surface area contributed by atoms with Gasteiger partial charge in [0.1, 0.15) is 18.2 Å². The van der Waals surface area contributed by atoms with E-state index in [1.165, 1.54) is 12.1 Å². The number of rotatable bonds is 7. The Morgan fingerprint density at radius 3 is 2.88 bits per heavy atom. The fourth-order valence-electron chi connectivity index (χ4n) is 2.76. The molecule has 0 bridgehead atoms. The summed E-state index contributed by atoms with van der Waals surface area (Å²) in [5, 5.41) is 3.80. The summed E-state index contributed by atoms with van der Waals surface area (Å²) in [6, 6.07) is 12.2. The maximum atomic E-state index is 13.1. The standard InChI is InChI=1S/C19H21ClFNO2/c20-18-10-16(21)8-7-15(18)13-24-19-6-2-1-4-14(19)11-22-12-17-5-3-9-23-17/h1-2,4,6-8,10,17,22H,3,5,9,11-13H2/t17-/m0/s1. The van der Waals surface area contributed by atoms with Crippen LogP contribution in [0.1, 0.15) is 24.0 Å². The van der Waals surface area contributed by atoms with Gasteiger partial charge < -0.3 is 14.8 Å². The van der Waals surface area contributed by atoms with Crippen LogP contribution in [0.15, 0.2) is 42.5 Å². The summed E-state index contributed by atoms with van der Waals surface area (Å²) in [4.78, 5) is 0. The molecule has 1 saturated heterocycles. The Labute approximate surface area is 146 Å². The van der Waals surface area contributed by atoms with Gasteiger partial charge in [-0.15, -0.1) is 0 Å². The molecule has 2 aromatic carbocycles. The van der Waals surface area contributed by atoms with Crippen molar-refractivity contribution in [1.82, 2.24) is 5.32 Å². The van der Waals surface area contributed by atoms with Crippen molar-refractivity contribution in [2.45, 2.75) is 32.1 Å². The van der Waals surface area contributed by atoms with Gasteiger partial charge in [-0.3, -0.25) is 0 Å². The van der Waals surface area contributed by atoms with Gasteiger partial charge in [0.2, 0.25) is 0 Å². The van der Waals surface area contributed by atoms with Crippen LogP contribution in [0.4, 0.5) is 4.39 Å². The zero-order valence-corrected chi connectivity index (χ0v) is 14.2. The number of hydrogen-bond acceptors (Lipinski definition) is 3. The Morgan fingerprint density at radius 1 is 1.21 bits per heavy atom. The van der Waals surface area contributed by atoms with Crippen molar-refractivity contribution in [2.24, 2.45) is 0 Å². The van der Waals surface area contributed by atoms with Gasteiger partial charge in [-0.25, -0.2) is 4.39 Å². The molecule has 1 aliphatic rings. The van der Waals surface area contributed by atoms with Crippen LogP contribution < -0.4 is 10.1 Å². The lowest BCUT2D eigenvalue weighted by Gasteiger charge is -2.14. The Morgan fingerprint density at radius 2 is 2.08 bits per heavy atom. The fraction of sp³-hybridized carbons (Fsp3) is 0.368. The molecule has 0 aliphatic carbocycles. The summed E-state index contributed by atoms with van der Waals surface area (Å²) in [6.07, 6.45) is 2.58. The first kappa shape index (κ1) is 17.2. The average molecular weight is 350 g/mol. The number of nitrogens with one attached hydrogen (secondary N) is 1. The number of halogens is 2. The SMILES string of the molecule is Fc1ccc(COc2ccccc2CNC[C@@H]2CCCO2)c(Cl)c1. The molecular formula is C19H21ClFNO2. The minimum atomic E-state index is -0.345. The molecule has 128 valence electrons. The molecule has 0 amide bonds. The van der Waals surface area contributed by atoms with Gasteiger partial charge in [-0.1, -0.05) is 35.9 Å². The lowest BCUT2D eigenvalue weighted by molar-refractivity contribution is 0.110. The second kappa shape index (κ2) is 8.47. The van der Waals surface area contributed by atoms with Crippen molar-refractivity contribution in [2.75, 3.05) is 13.2 Å². The second-order valence-electron chi connectivity index (χ2n) is 5.90. The number of ether oxygens (including phenoxy) is 2. The molecule has 24 heavy (non-hydrogen) atoms. The molecule has 1 atom stereocenters. The van der Waals surface area contributed by atoms with Crippen LogP contribution >= 0.6 is 11.6 Å². The van der Waals surface area contributed by atoms with Gasteiger partial charge in [-0.2, -0.15) is 0 Å². The summed E-state index contributed by atoms with van der Waals surface area (Å²) in [5.41, 5.74) is 1.84. The van der Waals surface area contributed by atoms with Crippen molar-refractivity contribution >= 4 is 11.6 Å². The predicted molar refractivity (Wildman–Crippen MR) is 92.9 cm³/mol. The first-order valence-corrected chi connectivity index (χ1v) is 8.57. The number of benzene rings is 2. The fourth-order valence-corrected chi connectivity index (χ4v) is 2.98. The van der Waals surface area contributed by atoms with Crippen molar-refractivity contribution in [3.05, 3.63) is 64.4 Å². The highest BCUT2D eigenvalue weighted by atomic mass is 35.5. The Balaban J connectivity index is 1.56. The van der Waals surface area contributed by atoms with Crippen LogP contribution in [-0.4, -0.2) is 19.3 Å². The minimum Gasteiger partial charge on any atom is -0.489 e. The van der Waals surface area contributed by atoms with E-state index in [0.717, 1.165) is 42.9 Å². The molecule has 0 radical (unpaired) electrons. The largest absolute Gasteiger partial charge is 0.489 e. The molecule has 3 rings (SSSR count). The highest BCUT2D eigenvalue weighted by molar-refractivity contribution is 6.31. The number of hydrogen-bond donors (Lipinski definition) is 1. The van der Waals surface area contributed by atoms with Crippen LogP contribution in [0.3, 0.4) is 0 Å². The molecule has 3 nitrogen and oxygen atoms in total. The highest BCUT2D eigenvalue weighted by Crippen LogP contribution is 2.23. The van der Waals surface area contributed by atoms with E-state index in [4.69, 9.17) is 21.1 Å². The van der Waals surface area contributed by atoms with Crippen LogP contribution in [0.2, 0.25) is 5.02 Å². The quantitative estimate of drug-likeness (QED) is 0.807. The molecule has 0 saturated carbocycles. The van der Waals surface area contributed by atoms with Crippen molar-refractivity contribution in [3.63, 3.8) is 0 Å². The van der Waals surface area contributed by atoms with Crippen LogP contribution in [0, 0.1) is 5.82 Å². The molecule has 2 aromatic rings. The van der Waals surface area contributed by atoms with E-state index in [0.29, 0.717) is 24.3 Å². The molecule has 1 N–H and O–H groups in total. The molecule has 1 heterocycles. The zero-order valence-electron chi connectivity index (χ0n) is 13.4. The molecule has 0 aromatic heterocycles. The van der Waals surface area contributed by atoms with E-state index in [1.54, 1.807) is 6.07 Å². The third kappa shape index (κ3) is 4.69.